The van der Waals surface area contributed by atoms with Crippen molar-refractivity contribution in [2.24, 2.45) is 0 Å². The number of hydrogen-bond donors (Lipinski definition) is 1. The molecule has 184 valence electrons. The average molecular weight is 504 g/mol. The smallest absolute Gasteiger partial charge is 0.339 e. The van der Waals surface area contributed by atoms with Gasteiger partial charge >= 0.3 is 5.97 Å². The van der Waals surface area contributed by atoms with E-state index in [0.717, 1.165) is 27.7 Å². The third-order valence-corrected chi connectivity index (χ3v) is 5.81. The molecule has 4 rings (SSSR count). The Bertz CT molecular complexity index is 1400. The van der Waals surface area contributed by atoms with Crippen molar-refractivity contribution < 1.29 is 24.1 Å². The number of nitrogens with zero attached hydrogens (tertiary/aromatic N) is 1. The monoisotopic (exact) mass is 503 g/mol. The maximum atomic E-state index is 11.7. The fourth-order valence-corrected chi connectivity index (χ4v) is 3.95. The van der Waals surface area contributed by atoms with Crippen molar-refractivity contribution in [3.05, 3.63) is 100 Å². The zero-order valence-electron chi connectivity index (χ0n) is 20.0. The summed E-state index contributed by atoms with van der Waals surface area (Å²) in [7, 11) is 1.49. The number of fused-ring (bicyclic) bond motifs is 1. The van der Waals surface area contributed by atoms with E-state index in [9.17, 15) is 9.90 Å². The van der Waals surface area contributed by atoms with E-state index in [-0.39, 0.29) is 24.0 Å². The van der Waals surface area contributed by atoms with E-state index in [1.807, 2.05) is 73.7 Å². The summed E-state index contributed by atoms with van der Waals surface area (Å²) in [4.78, 5) is 16.3. The van der Waals surface area contributed by atoms with E-state index in [0.29, 0.717) is 17.4 Å². The summed E-state index contributed by atoms with van der Waals surface area (Å²) in [5.74, 6) is -0.385. The molecule has 1 N–H and O–H groups in total. The molecular formula is C29H26ClNO5. The van der Waals surface area contributed by atoms with E-state index in [2.05, 4.69) is 4.98 Å². The fourth-order valence-electron chi connectivity index (χ4n) is 3.78. The van der Waals surface area contributed by atoms with Crippen LogP contribution in [0.1, 0.15) is 40.2 Å². The molecule has 0 fully saturated rings. The molecule has 3 aromatic carbocycles. The number of pyridine rings is 1. The molecule has 1 atom stereocenters. The number of aromatic nitrogens is 1. The van der Waals surface area contributed by atoms with Crippen molar-refractivity contribution in [2.75, 3.05) is 20.3 Å². The topological polar surface area (TPSA) is 77.9 Å². The molecule has 6 nitrogen and oxygen atoms in total. The highest BCUT2D eigenvalue weighted by Crippen LogP contribution is 2.27. The second-order valence-corrected chi connectivity index (χ2v) is 8.44. The first-order chi connectivity index (χ1) is 17.5. The lowest BCUT2D eigenvalue weighted by molar-refractivity contribution is 0.0260. The second kappa shape index (κ2) is 11.7. The largest absolute Gasteiger partial charge is 0.497 e. The Balaban J connectivity index is 1.52. The van der Waals surface area contributed by atoms with Gasteiger partial charge in [-0.25, -0.2) is 9.78 Å². The van der Waals surface area contributed by atoms with Crippen LogP contribution in [0.4, 0.5) is 0 Å². The summed E-state index contributed by atoms with van der Waals surface area (Å²) in [5.41, 5.74) is 3.58. The summed E-state index contributed by atoms with van der Waals surface area (Å²) in [5, 5.41) is 11.2. The zero-order chi connectivity index (χ0) is 25.5. The molecule has 0 bridgehead atoms. The van der Waals surface area contributed by atoms with E-state index in [4.69, 9.17) is 25.8 Å². The molecule has 0 aliphatic carbocycles. The highest BCUT2D eigenvalue weighted by molar-refractivity contribution is 6.31. The first kappa shape index (κ1) is 25.2. The van der Waals surface area contributed by atoms with Gasteiger partial charge < -0.3 is 19.3 Å². The van der Waals surface area contributed by atoms with Crippen LogP contribution in [-0.2, 0) is 4.74 Å². The summed E-state index contributed by atoms with van der Waals surface area (Å²) in [6, 6.07) is 22.2. The quantitative estimate of drug-likeness (QED) is 0.253. The van der Waals surface area contributed by atoms with E-state index in [1.165, 1.54) is 13.2 Å². The predicted molar refractivity (Wildman–Crippen MR) is 142 cm³/mol. The van der Waals surface area contributed by atoms with Gasteiger partial charge in [-0.15, -0.1) is 0 Å². The summed E-state index contributed by atoms with van der Waals surface area (Å²) < 4.78 is 16.9. The molecule has 36 heavy (non-hydrogen) atoms. The molecule has 0 radical (unpaired) electrons. The van der Waals surface area contributed by atoms with Crippen molar-refractivity contribution >= 4 is 40.6 Å². The Morgan fingerprint density at radius 3 is 2.67 bits per heavy atom. The SMILES string of the molecule is CCO[C@@H](COc1ccc(OC)cc1C(=O)O)c1cccc(/C=C/c2ccc3ccc(Cl)cc3n2)c1. The molecule has 1 heterocycles. The number of carboxylic acids is 1. The molecule has 0 amide bonds. The van der Waals surface area contributed by atoms with E-state index >= 15 is 0 Å². The van der Waals surface area contributed by atoms with Gasteiger partial charge in [-0.1, -0.05) is 48.0 Å². The number of halogens is 1. The van der Waals surface area contributed by atoms with Gasteiger partial charge in [0, 0.05) is 17.0 Å². The van der Waals surface area contributed by atoms with Gasteiger partial charge in [0.15, 0.2) is 0 Å². The lowest BCUT2D eigenvalue weighted by Gasteiger charge is -2.19. The minimum Gasteiger partial charge on any atom is -0.497 e. The van der Waals surface area contributed by atoms with Crippen LogP contribution < -0.4 is 9.47 Å². The summed E-state index contributed by atoms with van der Waals surface area (Å²) in [6.45, 7) is 2.54. The number of hydrogen-bond acceptors (Lipinski definition) is 5. The first-order valence-corrected chi connectivity index (χ1v) is 11.8. The highest BCUT2D eigenvalue weighted by atomic mass is 35.5. The van der Waals surface area contributed by atoms with Crippen LogP contribution in [0.25, 0.3) is 23.1 Å². The molecule has 4 aromatic rings. The van der Waals surface area contributed by atoms with Gasteiger partial charge in [0.05, 0.1) is 18.3 Å². The van der Waals surface area contributed by atoms with E-state index < -0.39 is 5.97 Å². The van der Waals surface area contributed by atoms with Crippen molar-refractivity contribution in [1.82, 2.24) is 4.98 Å². The number of aromatic carboxylic acids is 1. The third kappa shape index (κ3) is 6.22. The van der Waals surface area contributed by atoms with Gasteiger partial charge in [0.25, 0.3) is 0 Å². The normalized spacial score (nSPS) is 12.1. The molecular weight excluding hydrogens is 478 g/mol. The van der Waals surface area contributed by atoms with Crippen LogP contribution in [0.5, 0.6) is 11.5 Å². The highest BCUT2D eigenvalue weighted by Gasteiger charge is 2.17. The number of carbonyl (C=O) groups is 1. The molecule has 0 spiro atoms. The Morgan fingerprint density at radius 1 is 1.06 bits per heavy atom. The lowest BCUT2D eigenvalue weighted by Crippen LogP contribution is -2.15. The Labute approximate surface area is 214 Å². The van der Waals surface area contributed by atoms with Crippen LogP contribution in [0.2, 0.25) is 5.02 Å². The van der Waals surface area contributed by atoms with Crippen molar-refractivity contribution in [3.8, 4) is 11.5 Å². The summed E-state index contributed by atoms with van der Waals surface area (Å²) in [6.07, 6.45) is 3.55. The summed E-state index contributed by atoms with van der Waals surface area (Å²) >= 11 is 6.10. The molecule has 0 saturated heterocycles. The van der Waals surface area contributed by atoms with Gasteiger partial charge in [0.1, 0.15) is 29.8 Å². The van der Waals surface area contributed by atoms with Gasteiger partial charge in [-0.05, 0) is 66.6 Å². The third-order valence-electron chi connectivity index (χ3n) is 5.58. The Morgan fingerprint density at radius 2 is 1.89 bits per heavy atom. The molecule has 0 aliphatic heterocycles. The zero-order valence-corrected chi connectivity index (χ0v) is 20.7. The maximum Gasteiger partial charge on any atom is 0.339 e. The van der Waals surface area contributed by atoms with Crippen LogP contribution in [0.3, 0.4) is 0 Å². The van der Waals surface area contributed by atoms with Crippen LogP contribution in [-0.4, -0.2) is 36.4 Å². The number of benzene rings is 3. The molecule has 7 heteroatoms. The lowest BCUT2D eigenvalue weighted by atomic mass is 10.1. The number of rotatable bonds is 10. The van der Waals surface area contributed by atoms with Crippen molar-refractivity contribution in [2.45, 2.75) is 13.0 Å². The minimum atomic E-state index is -1.09. The molecule has 0 unspecified atom stereocenters. The first-order valence-electron chi connectivity index (χ1n) is 11.5. The minimum absolute atomic E-state index is 0.0328. The molecule has 1 aromatic heterocycles. The second-order valence-electron chi connectivity index (χ2n) is 8.00. The van der Waals surface area contributed by atoms with Crippen LogP contribution in [0, 0.1) is 0 Å². The van der Waals surface area contributed by atoms with Crippen molar-refractivity contribution in [1.29, 1.82) is 0 Å². The standard InChI is InChI=1S/C29H26ClNO5/c1-3-35-28(18-36-27-14-13-24(34-2)17-25(27)29(32)33)21-6-4-5-19(15-21)7-11-23-12-9-20-8-10-22(30)16-26(20)31-23/h4-17,28H,3,18H2,1-2H3,(H,32,33)/b11-7+/t28-/m0/s1. The van der Waals surface area contributed by atoms with Gasteiger partial charge in [-0.2, -0.15) is 0 Å². The van der Waals surface area contributed by atoms with E-state index in [1.54, 1.807) is 12.1 Å². The Hall–Kier alpha value is -3.87. The number of methoxy groups -OCH3 is 1. The van der Waals surface area contributed by atoms with Crippen LogP contribution in [0.15, 0.2) is 72.8 Å². The number of carboxylic acid groups (broad SMARTS) is 1. The Kier molecular flexibility index (Phi) is 8.21. The number of ether oxygens (including phenoxy) is 3. The predicted octanol–water partition coefficient (Wildman–Crippen LogP) is 6.92. The van der Waals surface area contributed by atoms with Gasteiger partial charge in [0.2, 0.25) is 0 Å². The maximum absolute atomic E-state index is 11.7. The van der Waals surface area contributed by atoms with Gasteiger partial charge in [-0.3, -0.25) is 0 Å². The molecule has 0 aliphatic rings. The fraction of sp³-hybridized carbons (Fsp3) is 0.172. The average Bonchev–Trinajstić information content (AvgIpc) is 2.89. The van der Waals surface area contributed by atoms with Crippen LogP contribution >= 0.6 is 11.6 Å². The van der Waals surface area contributed by atoms with Crippen molar-refractivity contribution in [3.63, 3.8) is 0 Å². The molecule has 0 saturated carbocycles.